The maximum Gasteiger partial charge on any atom is 0.269 e. The van der Waals surface area contributed by atoms with Gasteiger partial charge in [0.05, 0.1) is 16.2 Å². The SMILES string of the molecule is Cn1c(-c2ccc([N+](=O)[O-])cc2)ccc(C(=O)Cl)c1=O. The Morgan fingerprint density at radius 3 is 2.30 bits per heavy atom. The number of nitro groups is 1. The highest BCUT2D eigenvalue weighted by Gasteiger charge is 2.13. The number of non-ortho nitro benzene ring substituents is 1. The Bertz CT molecular complexity index is 750. The molecule has 2 rings (SSSR count). The Hall–Kier alpha value is -2.47. The summed E-state index contributed by atoms with van der Waals surface area (Å²) >= 11 is 5.31. The minimum atomic E-state index is -0.819. The number of pyridine rings is 1. The zero-order valence-corrected chi connectivity index (χ0v) is 11.1. The number of carbonyl (C=O) groups excluding carboxylic acids is 1. The van der Waals surface area contributed by atoms with Crippen molar-refractivity contribution >= 4 is 22.5 Å². The van der Waals surface area contributed by atoms with Gasteiger partial charge < -0.3 is 4.57 Å². The number of hydrogen-bond acceptors (Lipinski definition) is 4. The monoisotopic (exact) mass is 292 g/mol. The highest BCUT2D eigenvalue weighted by molar-refractivity contribution is 6.67. The van der Waals surface area contributed by atoms with Crippen LogP contribution < -0.4 is 5.56 Å². The average Bonchev–Trinajstić information content (AvgIpc) is 2.41. The number of benzene rings is 1. The van der Waals surface area contributed by atoms with Gasteiger partial charge in [-0.25, -0.2) is 0 Å². The molecular formula is C13H9ClN2O4. The van der Waals surface area contributed by atoms with Crippen molar-refractivity contribution in [3.63, 3.8) is 0 Å². The third-order valence-corrected chi connectivity index (χ3v) is 3.09. The average molecular weight is 293 g/mol. The standard InChI is InChI=1S/C13H9ClN2O4/c1-15-11(7-6-10(12(14)17)13(15)18)8-2-4-9(5-3-8)16(19)20/h2-7H,1H3. The van der Waals surface area contributed by atoms with Crippen LogP contribution in [0.5, 0.6) is 0 Å². The van der Waals surface area contributed by atoms with Crippen LogP contribution in [0.3, 0.4) is 0 Å². The van der Waals surface area contributed by atoms with E-state index in [0.29, 0.717) is 11.3 Å². The molecule has 0 spiro atoms. The molecule has 6 nitrogen and oxygen atoms in total. The Labute approximate surface area is 118 Å². The van der Waals surface area contributed by atoms with Gasteiger partial charge in [0.15, 0.2) is 0 Å². The maximum absolute atomic E-state index is 11.9. The number of aromatic nitrogens is 1. The first-order valence-electron chi connectivity index (χ1n) is 5.56. The Balaban J connectivity index is 2.54. The van der Waals surface area contributed by atoms with E-state index in [0.717, 1.165) is 0 Å². The van der Waals surface area contributed by atoms with Gasteiger partial charge in [-0.3, -0.25) is 19.7 Å². The van der Waals surface area contributed by atoms with E-state index in [1.54, 1.807) is 6.07 Å². The highest BCUT2D eigenvalue weighted by atomic mass is 35.5. The molecule has 7 heteroatoms. The summed E-state index contributed by atoms with van der Waals surface area (Å²) in [5.41, 5.74) is 0.502. The quantitative estimate of drug-likeness (QED) is 0.494. The first kappa shape index (κ1) is 14.0. The van der Waals surface area contributed by atoms with Crippen molar-refractivity contribution in [1.29, 1.82) is 0 Å². The molecular weight excluding hydrogens is 284 g/mol. The molecule has 0 aliphatic rings. The van der Waals surface area contributed by atoms with Gasteiger partial charge in [-0.2, -0.15) is 0 Å². The first-order valence-corrected chi connectivity index (χ1v) is 5.94. The van der Waals surface area contributed by atoms with E-state index in [4.69, 9.17) is 11.6 Å². The summed E-state index contributed by atoms with van der Waals surface area (Å²) in [6.45, 7) is 0. The van der Waals surface area contributed by atoms with Gasteiger partial charge in [0.25, 0.3) is 16.5 Å². The summed E-state index contributed by atoms with van der Waals surface area (Å²) in [5, 5.41) is 9.77. The van der Waals surface area contributed by atoms with Gasteiger partial charge >= 0.3 is 0 Å². The molecule has 2 aromatic rings. The Morgan fingerprint density at radius 2 is 1.80 bits per heavy atom. The summed E-state index contributed by atoms with van der Waals surface area (Å²) in [5.74, 6) is 0. The molecule has 0 radical (unpaired) electrons. The van der Waals surface area contributed by atoms with Crippen LogP contribution in [-0.4, -0.2) is 14.7 Å². The highest BCUT2D eigenvalue weighted by Crippen LogP contribution is 2.21. The molecule has 0 atom stereocenters. The molecule has 0 N–H and O–H groups in total. The summed E-state index contributed by atoms with van der Waals surface area (Å²) in [4.78, 5) is 33.1. The fraction of sp³-hybridized carbons (Fsp3) is 0.0769. The molecule has 0 saturated heterocycles. The number of halogens is 1. The molecule has 0 amide bonds. The zero-order chi connectivity index (χ0) is 14.9. The van der Waals surface area contributed by atoms with Crippen molar-refractivity contribution < 1.29 is 9.72 Å². The third kappa shape index (κ3) is 2.46. The van der Waals surface area contributed by atoms with Crippen molar-refractivity contribution in [2.45, 2.75) is 0 Å². The largest absolute Gasteiger partial charge is 0.311 e. The predicted molar refractivity (Wildman–Crippen MR) is 74.0 cm³/mol. The van der Waals surface area contributed by atoms with Gasteiger partial charge in [0.1, 0.15) is 0 Å². The number of carbonyl (C=O) groups is 1. The van der Waals surface area contributed by atoms with Gasteiger partial charge in [0, 0.05) is 19.2 Å². The molecule has 0 aliphatic carbocycles. The van der Waals surface area contributed by atoms with Gasteiger partial charge in [0.2, 0.25) is 0 Å². The Kier molecular flexibility index (Phi) is 3.67. The molecule has 102 valence electrons. The van der Waals surface area contributed by atoms with Crippen molar-refractivity contribution in [3.05, 3.63) is 62.4 Å². The van der Waals surface area contributed by atoms with Crippen LogP contribution in [0.2, 0.25) is 0 Å². The summed E-state index contributed by atoms with van der Waals surface area (Å²) in [6.07, 6.45) is 0. The number of nitro benzene ring substituents is 1. The van der Waals surface area contributed by atoms with Gasteiger partial charge in [-0.05, 0) is 41.4 Å². The van der Waals surface area contributed by atoms with E-state index in [1.807, 2.05) is 0 Å². The lowest BCUT2D eigenvalue weighted by Gasteiger charge is -2.09. The van der Waals surface area contributed by atoms with Crippen LogP contribution in [0.1, 0.15) is 10.4 Å². The van der Waals surface area contributed by atoms with E-state index >= 15 is 0 Å². The van der Waals surface area contributed by atoms with E-state index in [-0.39, 0.29) is 11.3 Å². The molecule has 0 bridgehead atoms. The maximum atomic E-state index is 11.9. The number of hydrogen-bond donors (Lipinski definition) is 0. The van der Waals surface area contributed by atoms with E-state index in [1.165, 1.54) is 41.9 Å². The van der Waals surface area contributed by atoms with Crippen molar-refractivity contribution in [2.75, 3.05) is 0 Å². The van der Waals surface area contributed by atoms with E-state index in [9.17, 15) is 19.7 Å². The predicted octanol–water partition coefficient (Wildman–Crippen LogP) is 2.34. The lowest BCUT2D eigenvalue weighted by Crippen LogP contribution is -2.23. The minimum absolute atomic E-state index is 0.0358. The second kappa shape index (κ2) is 5.26. The summed E-state index contributed by atoms with van der Waals surface area (Å²) in [7, 11) is 1.50. The first-order chi connectivity index (χ1) is 9.41. The normalized spacial score (nSPS) is 10.3. The lowest BCUT2D eigenvalue weighted by molar-refractivity contribution is -0.384. The van der Waals surface area contributed by atoms with Gasteiger partial charge in [-0.15, -0.1) is 0 Å². The van der Waals surface area contributed by atoms with Crippen LogP contribution >= 0.6 is 11.6 Å². The number of rotatable bonds is 3. The van der Waals surface area contributed by atoms with Crippen molar-refractivity contribution in [3.8, 4) is 11.3 Å². The van der Waals surface area contributed by atoms with Crippen LogP contribution in [0.4, 0.5) is 5.69 Å². The molecule has 1 aromatic heterocycles. The fourth-order valence-electron chi connectivity index (χ4n) is 1.83. The zero-order valence-electron chi connectivity index (χ0n) is 10.4. The molecule has 0 unspecified atom stereocenters. The molecule has 20 heavy (non-hydrogen) atoms. The van der Waals surface area contributed by atoms with E-state index in [2.05, 4.69) is 0 Å². The second-order valence-corrected chi connectivity index (χ2v) is 4.42. The second-order valence-electron chi connectivity index (χ2n) is 4.07. The molecule has 1 heterocycles. The molecule has 0 aliphatic heterocycles. The van der Waals surface area contributed by atoms with Crippen molar-refractivity contribution in [1.82, 2.24) is 4.57 Å². The summed E-state index contributed by atoms with van der Waals surface area (Å²) < 4.78 is 1.27. The minimum Gasteiger partial charge on any atom is -0.311 e. The third-order valence-electron chi connectivity index (χ3n) is 2.89. The smallest absolute Gasteiger partial charge is 0.269 e. The van der Waals surface area contributed by atoms with Crippen LogP contribution in [0.25, 0.3) is 11.3 Å². The summed E-state index contributed by atoms with van der Waals surface area (Å²) in [6, 6.07) is 8.68. The number of nitrogens with zero attached hydrogens (tertiary/aromatic N) is 2. The van der Waals surface area contributed by atoms with Gasteiger partial charge in [-0.1, -0.05) is 0 Å². The van der Waals surface area contributed by atoms with E-state index < -0.39 is 15.7 Å². The fourth-order valence-corrected chi connectivity index (χ4v) is 1.97. The molecule has 0 saturated carbocycles. The topological polar surface area (TPSA) is 82.2 Å². The Morgan fingerprint density at radius 1 is 1.20 bits per heavy atom. The molecule has 0 fully saturated rings. The van der Waals surface area contributed by atoms with Crippen LogP contribution in [0, 0.1) is 10.1 Å². The molecule has 1 aromatic carbocycles. The lowest BCUT2D eigenvalue weighted by atomic mass is 10.1. The van der Waals surface area contributed by atoms with Crippen LogP contribution in [-0.2, 0) is 7.05 Å². The van der Waals surface area contributed by atoms with Crippen molar-refractivity contribution in [2.24, 2.45) is 7.05 Å². The van der Waals surface area contributed by atoms with Crippen LogP contribution in [0.15, 0.2) is 41.2 Å².